The van der Waals surface area contributed by atoms with Crippen LogP contribution in [0, 0.1) is 6.92 Å². The predicted molar refractivity (Wildman–Crippen MR) is 110 cm³/mol. The average molecular weight is 442 g/mol. The van der Waals surface area contributed by atoms with Crippen molar-refractivity contribution >= 4 is 5.91 Å². The maximum atomic E-state index is 13.3. The Morgan fingerprint density at radius 1 is 1.16 bits per heavy atom. The summed E-state index contributed by atoms with van der Waals surface area (Å²) in [5.41, 5.74) is 4.00. The van der Waals surface area contributed by atoms with Crippen LogP contribution in [-0.4, -0.2) is 40.1 Å². The second-order valence-corrected chi connectivity index (χ2v) is 8.30. The number of aromatic nitrogens is 2. The molecule has 2 aliphatic rings. The Labute approximate surface area is 182 Å². The highest BCUT2D eigenvalue weighted by atomic mass is 19.4. The first-order valence-electron chi connectivity index (χ1n) is 10.4. The number of hydrogen-bond acceptors (Lipinski definition) is 5. The van der Waals surface area contributed by atoms with Crippen molar-refractivity contribution in [1.29, 1.82) is 0 Å². The van der Waals surface area contributed by atoms with E-state index in [0.717, 1.165) is 25.1 Å². The molecule has 1 amide bonds. The number of amides is 1. The van der Waals surface area contributed by atoms with Crippen molar-refractivity contribution in [3.05, 3.63) is 70.6 Å². The molecule has 0 spiro atoms. The van der Waals surface area contributed by atoms with Crippen molar-refractivity contribution in [1.82, 2.24) is 20.4 Å². The van der Waals surface area contributed by atoms with Gasteiger partial charge in [-0.2, -0.15) is 18.2 Å². The number of halogens is 3. The molecule has 1 fully saturated rings. The Hall–Kier alpha value is -3.20. The highest BCUT2D eigenvalue weighted by molar-refractivity contribution is 5.99. The van der Waals surface area contributed by atoms with Crippen molar-refractivity contribution < 1.29 is 22.5 Å². The normalized spacial score (nSPS) is 21.1. The van der Waals surface area contributed by atoms with Crippen molar-refractivity contribution in [2.75, 3.05) is 13.1 Å². The minimum Gasteiger partial charge on any atom is -0.331 e. The van der Waals surface area contributed by atoms with Crippen molar-refractivity contribution in [2.24, 2.45) is 0 Å². The molecule has 5 rings (SSSR count). The summed E-state index contributed by atoms with van der Waals surface area (Å²) in [6.45, 7) is 4.12. The molecule has 3 heterocycles. The first-order valence-corrected chi connectivity index (χ1v) is 10.4. The van der Waals surface area contributed by atoms with Gasteiger partial charge in [0.05, 0.1) is 0 Å². The van der Waals surface area contributed by atoms with E-state index >= 15 is 0 Å². The van der Waals surface area contributed by atoms with Gasteiger partial charge in [0.1, 0.15) is 0 Å². The highest BCUT2D eigenvalue weighted by Gasteiger charge is 2.40. The van der Waals surface area contributed by atoms with Crippen molar-refractivity contribution in [2.45, 2.75) is 38.0 Å². The summed E-state index contributed by atoms with van der Waals surface area (Å²) in [6.07, 6.45) is -3.89. The van der Waals surface area contributed by atoms with E-state index < -0.39 is 12.1 Å². The second-order valence-electron chi connectivity index (χ2n) is 8.30. The Kier molecular flexibility index (Phi) is 5.00. The van der Waals surface area contributed by atoms with Gasteiger partial charge in [-0.3, -0.25) is 4.79 Å². The second kappa shape index (κ2) is 7.74. The highest BCUT2D eigenvalue weighted by Crippen LogP contribution is 2.36. The number of carbonyl (C=O) groups is 1. The van der Waals surface area contributed by atoms with E-state index in [4.69, 9.17) is 0 Å². The number of alkyl halides is 3. The van der Waals surface area contributed by atoms with E-state index in [1.165, 1.54) is 11.1 Å². The zero-order valence-electron chi connectivity index (χ0n) is 17.3. The first-order chi connectivity index (χ1) is 15.3. The molecule has 2 aliphatic heterocycles. The lowest BCUT2D eigenvalue weighted by atomic mass is 9.85. The molecule has 1 saturated heterocycles. The maximum Gasteiger partial charge on any atom is 0.471 e. The van der Waals surface area contributed by atoms with Crippen LogP contribution < -0.4 is 5.32 Å². The van der Waals surface area contributed by atoms with E-state index in [9.17, 15) is 18.0 Å². The molecule has 6 nitrogen and oxygen atoms in total. The summed E-state index contributed by atoms with van der Waals surface area (Å²) < 4.78 is 42.7. The molecule has 166 valence electrons. The SMILES string of the molecule is Cc1ccc([C@@H]2CNCC[C@H]2N2Cc3ccc(-c4noc(C(F)(F)F)n4)cc3C2=O)cc1. The van der Waals surface area contributed by atoms with Gasteiger partial charge in [0.15, 0.2) is 0 Å². The summed E-state index contributed by atoms with van der Waals surface area (Å²) in [6, 6.07) is 13.4. The lowest BCUT2D eigenvalue weighted by Crippen LogP contribution is -2.48. The molecule has 3 aromatic rings. The number of benzene rings is 2. The maximum absolute atomic E-state index is 13.3. The first kappa shape index (κ1) is 20.7. The molecular weight excluding hydrogens is 421 g/mol. The minimum atomic E-state index is -4.71. The van der Waals surface area contributed by atoms with Crippen LogP contribution in [0.15, 0.2) is 47.0 Å². The summed E-state index contributed by atoms with van der Waals surface area (Å²) in [5.74, 6) is -1.55. The number of piperidine rings is 1. The Morgan fingerprint density at radius 2 is 1.94 bits per heavy atom. The summed E-state index contributed by atoms with van der Waals surface area (Å²) in [4.78, 5) is 18.7. The van der Waals surface area contributed by atoms with Crippen molar-refractivity contribution in [3.63, 3.8) is 0 Å². The average Bonchev–Trinajstić information content (AvgIpc) is 3.40. The quantitative estimate of drug-likeness (QED) is 0.660. The van der Waals surface area contributed by atoms with Gasteiger partial charge in [0.25, 0.3) is 5.91 Å². The molecule has 2 atom stereocenters. The smallest absolute Gasteiger partial charge is 0.331 e. The van der Waals surface area contributed by atoms with E-state index in [0.29, 0.717) is 17.7 Å². The molecule has 0 bridgehead atoms. The largest absolute Gasteiger partial charge is 0.471 e. The van der Waals surface area contributed by atoms with Gasteiger partial charge in [0.2, 0.25) is 5.82 Å². The zero-order chi connectivity index (χ0) is 22.5. The van der Waals surface area contributed by atoms with Crippen LogP contribution in [0.5, 0.6) is 0 Å². The van der Waals surface area contributed by atoms with Crippen LogP contribution in [0.4, 0.5) is 13.2 Å². The summed E-state index contributed by atoms with van der Waals surface area (Å²) >= 11 is 0. The third kappa shape index (κ3) is 3.66. The lowest BCUT2D eigenvalue weighted by molar-refractivity contribution is -0.159. The van der Waals surface area contributed by atoms with Crippen molar-refractivity contribution in [3.8, 4) is 11.4 Å². The molecule has 0 radical (unpaired) electrons. The standard InChI is InChI=1S/C23H21F3N4O2/c1-13-2-4-14(5-3-13)18-11-27-9-8-19(18)30-12-16-7-6-15(10-17(16)21(30)31)20-28-22(32-29-20)23(24,25)26/h2-7,10,18-19,27H,8-9,11-12H2,1H3/t18-,19+/m0/s1. The van der Waals surface area contributed by atoms with Gasteiger partial charge in [-0.05, 0) is 37.1 Å². The molecule has 1 aromatic heterocycles. The zero-order valence-corrected chi connectivity index (χ0v) is 17.3. The third-order valence-corrected chi connectivity index (χ3v) is 6.22. The van der Waals surface area contributed by atoms with Crippen LogP contribution in [-0.2, 0) is 12.7 Å². The van der Waals surface area contributed by atoms with Crippen LogP contribution in [0.1, 0.15) is 45.3 Å². The summed E-state index contributed by atoms with van der Waals surface area (Å²) in [5, 5.41) is 6.86. The fourth-order valence-corrected chi connectivity index (χ4v) is 4.56. The van der Waals surface area contributed by atoms with Gasteiger partial charge >= 0.3 is 12.1 Å². The molecule has 32 heavy (non-hydrogen) atoms. The van der Waals surface area contributed by atoms with Crippen LogP contribution in [0.2, 0.25) is 0 Å². The monoisotopic (exact) mass is 442 g/mol. The summed E-state index contributed by atoms with van der Waals surface area (Å²) in [7, 11) is 0. The molecule has 1 N–H and O–H groups in total. The van der Waals surface area contributed by atoms with E-state index in [1.54, 1.807) is 18.2 Å². The van der Waals surface area contributed by atoms with Gasteiger partial charge in [-0.15, -0.1) is 0 Å². The number of nitrogens with one attached hydrogen (secondary N) is 1. The number of nitrogens with zero attached hydrogens (tertiary/aromatic N) is 3. The number of carbonyl (C=O) groups excluding carboxylic acids is 1. The van der Waals surface area contributed by atoms with E-state index in [2.05, 4.69) is 44.2 Å². The topological polar surface area (TPSA) is 71.3 Å². The minimum absolute atomic E-state index is 0.0318. The number of fused-ring (bicyclic) bond motifs is 1. The number of aryl methyl sites for hydroxylation is 1. The van der Waals surface area contributed by atoms with Crippen LogP contribution in [0.25, 0.3) is 11.4 Å². The molecule has 0 unspecified atom stereocenters. The number of hydrogen-bond donors (Lipinski definition) is 1. The van der Waals surface area contributed by atoms with Gasteiger partial charge in [0, 0.05) is 36.2 Å². The molecule has 2 aromatic carbocycles. The van der Waals surface area contributed by atoms with Crippen LogP contribution in [0.3, 0.4) is 0 Å². The number of rotatable bonds is 3. The Bertz CT molecular complexity index is 1160. The predicted octanol–water partition coefficient (Wildman–Crippen LogP) is 4.17. The fourth-order valence-electron chi connectivity index (χ4n) is 4.56. The Morgan fingerprint density at radius 3 is 2.66 bits per heavy atom. The molecule has 0 aliphatic carbocycles. The molecular formula is C23H21F3N4O2. The molecule has 9 heteroatoms. The van der Waals surface area contributed by atoms with E-state index in [1.807, 2.05) is 11.8 Å². The van der Waals surface area contributed by atoms with Gasteiger partial charge in [-0.25, -0.2) is 0 Å². The lowest BCUT2D eigenvalue weighted by Gasteiger charge is -2.38. The van der Waals surface area contributed by atoms with Gasteiger partial charge < -0.3 is 14.7 Å². The third-order valence-electron chi connectivity index (χ3n) is 6.22. The fraction of sp³-hybridized carbons (Fsp3) is 0.348. The van der Waals surface area contributed by atoms with Crippen LogP contribution >= 0.6 is 0 Å². The van der Waals surface area contributed by atoms with Gasteiger partial charge in [-0.1, -0.05) is 47.1 Å². The Balaban J connectivity index is 1.42. The molecule has 0 saturated carbocycles. The van der Waals surface area contributed by atoms with E-state index in [-0.39, 0.29) is 23.7 Å².